The van der Waals surface area contributed by atoms with Crippen LogP contribution < -0.4 is 5.32 Å². The Bertz CT molecular complexity index is 195. The van der Waals surface area contributed by atoms with Crippen LogP contribution in [0.3, 0.4) is 0 Å². The molecule has 1 N–H and O–H groups in total. The van der Waals surface area contributed by atoms with Gasteiger partial charge < -0.3 is 19.6 Å². The van der Waals surface area contributed by atoms with Gasteiger partial charge >= 0.3 is 0 Å². The average molecular weight is 200 g/mol. The molecule has 0 fully saturated rings. The van der Waals surface area contributed by atoms with E-state index in [9.17, 15) is 4.79 Å². The zero-order chi connectivity index (χ0) is 10.8. The number of ether oxygens (including phenoxy) is 2. The summed E-state index contributed by atoms with van der Waals surface area (Å²) in [5.74, 6) is -0.301. The maximum Gasteiger partial charge on any atom is 0.300 e. The molecule has 80 valence electrons. The van der Waals surface area contributed by atoms with Crippen molar-refractivity contribution in [3.63, 3.8) is 0 Å². The van der Waals surface area contributed by atoms with Crippen LogP contribution in [0.2, 0.25) is 0 Å². The Morgan fingerprint density at radius 3 is 2.43 bits per heavy atom. The third kappa shape index (κ3) is 6.40. The Labute approximate surface area is 84.2 Å². The number of hydrogen-bond acceptors (Lipinski definition) is 3. The predicted molar refractivity (Wildman–Crippen MR) is 51.5 cm³/mol. The van der Waals surface area contributed by atoms with E-state index >= 15 is 0 Å². The van der Waals surface area contributed by atoms with Gasteiger partial charge in [-0.2, -0.15) is 0 Å². The summed E-state index contributed by atoms with van der Waals surface area (Å²) in [5.41, 5.74) is 0. The molecule has 0 spiro atoms. The van der Waals surface area contributed by atoms with Gasteiger partial charge in [0, 0.05) is 13.2 Å². The minimum absolute atomic E-state index is 0.148. The van der Waals surface area contributed by atoms with Crippen LogP contribution in [0.5, 0.6) is 0 Å². The van der Waals surface area contributed by atoms with Gasteiger partial charge in [0.15, 0.2) is 6.29 Å². The van der Waals surface area contributed by atoms with E-state index in [0.29, 0.717) is 13.2 Å². The number of carbonyl (C=O) groups is 1. The molecule has 0 bridgehead atoms. The van der Waals surface area contributed by atoms with Crippen LogP contribution >= 0.6 is 0 Å². The Morgan fingerprint density at radius 2 is 2.00 bits per heavy atom. The molecule has 0 unspecified atom stereocenters. The van der Waals surface area contributed by atoms with E-state index in [4.69, 9.17) is 16.0 Å². The largest absolute Gasteiger partial charge is 0.351 e. The summed E-state index contributed by atoms with van der Waals surface area (Å²) in [5, 5.41) is 2.55. The molecule has 0 saturated heterocycles. The maximum atomic E-state index is 10.9. The van der Waals surface area contributed by atoms with Crippen LogP contribution in [0, 0.1) is 6.57 Å². The lowest BCUT2D eigenvalue weighted by atomic mass is 10.5. The van der Waals surface area contributed by atoms with E-state index in [1.807, 2.05) is 13.8 Å². The molecule has 0 aromatic rings. The molecular weight excluding hydrogens is 184 g/mol. The molecule has 0 aromatic heterocycles. The topological polar surface area (TPSA) is 51.9 Å². The molecule has 0 rings (SSSR count). The Morgan fingerprint density at radius 1 is 1.43 bits per heavy atom. The van der Waals surface area contributed by atoms with E-state index in [1.54, 1.807) is 0 Å². The molecule has 0 aliphatic heterocycles. The van der Waals surface area contributed by atoms with E-state index < -0.39 is 6.29 Å². The van der Waals surface area contributed by atoms with Crippen LogP contribution in [0.15, 0.2) is 0 Å². The molecule has 0 heterocycles. The normalized spacial score (nSPS) is 9.86. The van der Waals surface area contributed by atoms with Gasteiger partial charge in [0.2, 0.25) is 0 Å². The molecule has 0 radical (unpaired) electrons. The van der Waals surface area contributed by atoms with Crippen molar-refractivity contribution in [1.82, 2.24) is 5.32 Å². The molecule has 5 nitrogen and oxygen atoms in total. The lowest BCUT2D eigenvalue weighted by Crippen LogP contribution is -2.36. The number of amides is 1. The fourth-order valence-corrected chi connectivity index (χ4v) is 0.863. The van der Waals surface area contributed by atoms with Gasteiger partial charge in [-0.05, 0) is 13.8 Å². The summed E-state index contributed by atoms with van der Waals surface area (Å²) in [7, 11) is 0. The SMILES string of the molecule is [C-]#[N+]CC(=O)NCC(OCC)OCC. The first-order chi connectivity index (χ1) is 6.74. The van der Waals surface area contributed by atoms with Gasteiger partial charge in [-0.15, -0.1) is 0 Å². The van der Waals surface area contributed by atoms with Crippen molar-refractivity contribution in [3.05, 3.63) is 11.4 Å². The Balaban J connectivity index is 3.69. The van der Waals surface area contributed by atoms with E-state index in [0.717, 1.165) is 0 Å². The molecule has 5 heteroatoms. The fourth-order valence-electron chi connectivity index (χ4n) is 0.863. The van der Waals surface area contributed by atoms with Crippen molar-refractivity contribution in [3.8, 4) is 0 Å². The smallest absolute Gasteiger partial charge is 0.300 e. The van der Waals surface area contributed by atoms with Crippen molar-refractivity contribution < 1.29 is 14.3 Å². The summed E-state index contributed by atoms with van der Waals surface area (Å²) in [6.45, 7) is 11.4. The van der Waals surface area contributed by atoms with Crippen molar-refractivity contribution >= 4 is 5.91 Å². The lowest BCUT2D eigenvalue weighted by molar-refractivity contribution is -0.139. The number of nitrogens with zero attached hydrogens (tertiary/aromatic N) is 1. The zero-order valence-electron chi connectivity index (χ0n) is 8.58. The van der Waals surface area contributed by atoms with Gasteiger partial charge in [0.1, 0.15) is 0 Å². The highest BCUT2D eigenvalue weighted by atomic mass is 16.7. The molecule has 0 atom stereocenters. The van der Waals surface area contributed by atoms with Gasteiger partial charge in [0.25, 0.3) is 12.5 Å². The molecule has 0 aliphatic carbocycles. The Kier molecular flexibility index (Phi) is 7.80. The predicted octanol–water partition coefficient (Wildman–Crippen LogP) is 0.421. The minimum Gasteiger partial charge on any atom is -0.351 e. The van der Waals surface area contributed by atoms with Crippen LogP contribution in [-0.4, -0.2) is 38.5 Å². The summed E-state index contributed by atoms with van der Waals surface area (Å²) in [6.07, 6.45) is -0.417. The van der Waals surface area contributed by atoms with Crippen LogP contribution in [-0.2, 0) is 14.3 Å². The molecule has 0 aromatic carbocycles. The van der Waals surface area contributed by atoms with Crippen molar-refractivity contribution in [2.24, 2.45) is 0 Å². The van der Waals surface area contributed by atoms with Crippen LogP contribution in [0.4, 0.5) is 0 Å². The second-order valence-corrected chi connectivity index (χ2v) is 2.46. The number of carbonyl (C=O) groups excluding carboxylic acids is 1. The molecule has 0 aliphatic rings. The monoisotopic (exact) mass is 200 g/mol. The summed E-state index contributed by atoms with van der Waals surface area (Å²) >= 11 is 0. The highest BCUT2D eigenvalue weighted by Gasteiger charge is 2.10. The fraction of sp³-hybridized carbons (Fsp3) is 0.778. The van der Waals surface area contributed by atoms with Crippen molar-refractivity contribution in [1.29, 1.82) is 0 Å². The molecule has 1 amide bonds. The lowest BCUT2D eigenvalue weighted by Gasteiger charge is -2.16. The maximum absolute atomic E-state index is 10.9. The molecular formula is C9H16N2O3. The number of hydrogen-bond donors (Lipinski definition) is 1. The summed E-state index contributed by atoms with van der Waals surface area (Å²) in [6, 6.07) is 0. The van der Waals surface area contributed by atoms with Gasteiger partial charge in [-0.3, -0.25) is 4.79 Å². The van der Waals surface area contributed by atoms with Crippen LogP contribution in [0.1, 0.15) is 13.8 Å². The van der Waals surface area contributed by atoms with Gasteiger partial charge in [-0.1, -0.05) is 0 Å². The first kappa shape index (κ1) is 12.9. The second kappa shape index (κ2) is 8.48. The summed E-state index contributed by atoms with van der Waals surface area (Å²) < 4.78 is 10.4. The summed E-state index contributed by atoms with van der Waals surface area (Å²) in [4.78, 5) is 13.9. The number of rotatable bonds is 7. The highest BCUT2D eigenvalue weighted by Crippen LogP contribution is 1.92. The highest BCUT2D eigenvalue weighted by molar-refractivity contribution is 5.79. The molecule has 14 heavy (non-hydrogen) atoms. The van der Waals surface area contributed by atoms with Crippen LogP contribution in [0.25, 0.3) is 4.85 Å². The third-order valence-electron chi connectivity index (χ3n) is 1.39. The number of nitrogens with one attached hydrogen (secondary N) is 1. The van der Waals surface area contributed by atoms with Gasteiger partial charge in [-0.25, -0.2) is 6.57 Å². The van der Waals surface area contributed by atoms with Gasteiger partial charge in [0.05, 0.1) is 6.54 Å². The van der Waals surface area contributed by atoms with E-state index in [2.05, 4.69) is 10.2 Å². The van der Waals surface area contributed by atoms with Crippen molar-refractivity contribution in [2.45, 2.75) is 20.1 Å². The molecule has 0 saturated carbocycles. The van der Waals surface area contributed by atoms with Crippen molar-refractivity contribution in [2.75, 3.05) is 26.3 Å². The minimum atomic E-state index is -0.417. The standard InChI is InChI=1S/C9H16N2O3/c1-4-13-9(14-5-2)7-11-8(12)6-10-3/h9H,4-7H2,1-2H3,(H,11,12). The quantitative estimate of drug-likeness (QED) is 0.478. The first-order valence-electron chi connectivity index (χ1n) is 4.57. The zero-order valence-corrected chi connectivity index (χ0v) is 8.58. The average Bonchev–Trinajstić information content (AvgIpc) is 2.15. The van der Waals surface area contributed by atoms with E-state index in [1.165, 1.54) is 0 Å². The third-order valence-corrected chi connectivity index (χ3v) is 1.39. The first-order valence-corrected chi connectivity index (χ1v) is 4.57. The second-order valence-electron chi connectivity index (χ2n) is 2.46. The Hall–Kier alpha value is -1.12. The van der Waals surface area contributed by atoms with E-state index in [-0.39, 0.29) is 19.0 Å².